The Morgan fingerprint density at radius 2 is 1.96 bits per heavy atom. The van der Waals surface area contributed by atoms with Crippen LogP contribution in [0, 0.1) is 5.82 Å². The van der Waals surface area contributed by atoms with E-state index in [0.717, 1.165) is 11.1 Å². The van der Waals surface area contributed by atoms with Crippen molar-refractivity contribution in [3.05, 3.63) is 65.7 Å². The van der Waals surface area contributed by atoms with E-state index in [4.69, 9.17) is 0 Å². The van der Waals surface area contributed by atoms with Crippen molar-refractivity contribution < 1.29 is 9.50 Å². The molecule has 0 spiro atoms. The van der Waals surface area contributed by atoms with Crippen molar-refractivity contribution in [2.45, 2.75) is 32.3 Å². The third-order valence-electron chi connectivity index (χ3n) is 4.14. The van der Waals surface area contributed by atoms with Crippen LogP contribution in [0.5, 0.6) is 0 Å². The van der Waals surface area contributed by atoms with Gasteiger partial charge in [-0.15, -0.1) is 0 Å². The van der Waals surface area contributed by atoms with Gasteiger partial charge in [-0.25, -0.2) is 4.39 Å². The SMILES string of the molecule is CCNC(=NCC(C)(C)c1cccc(F)c1)NCC(O)c1ccncc1. The second-order valence-electron chi connectivity index (χ2n) is 6.77. The summed E-state index contributed by atoms with van der Waals surface area (Å²) in [5.41, 5.74) is 1.38. The normalized spacial score (nSPS) is 13.3. The van der Waals surface area contributed by atoms with Crippen molar-refractivity contribution in [1.82, 2.24) is 15.6 Å². The minimum atomic E-state index is -0.655. The lowest BCUT2D eigenvalue weighted by Crippen LogP contribution is -2.40. The van der Waals surface area contributed by atoms with Gasteiger partial charge >= 0.3 is 0 Å². The summed E-state index contributed by atoms with van der Waals surface area (Å²) in [5, 5.41) is 16.6. The van der Waals surface area contributed by atoms with Crippen LogP contribution in [-0.4, -0.2) is 35.7 Å². The van der Waals surface area contributed by atoms with Gasteiger partial charge in [0.2, 0.25) is 0 Å². The van der Waals surface area contributed by atoms with Crippen LogP contribution in [0.25, 0.3) is 0 Å². The lowest BCUT2D eigenvalue weighted by molar-refractivity contribution is 0.180. The summed E-state index contributed by atoms with van der Waals surface area (Å²) in [6.07, 6.45) is 2.65. The third-order valence-corrected chi connectivity index (χ3v) is 4.14. The van der Waals surface area contributed by atoms with Crippen LogP contribution in [0.3, 0.4) is 0 Å². The molecule has 1 unspecified atom stereocenters. The number of pyridine rings is 1. The molecule has 3 N–H and O–H groups in total. The topological polar surface area (TPSA) is 69.5 Å². The Kier molecular flexibility index (Phi) is 7.09. The molecule has 140 valence electrons. The average Bonchev–Trinajstić information content (AvgIpc) is 2.64. The molecule has 5 nitrogen and oxygen atoms in total. The van der Waals surface area contributed by atoms with E-state index < -0.39 is 6.10 Å². The number of benzene rings is 1. The number of halogens is 1. The van der Waals surface area contributed by atoms with Crippen molar-refractivity contribution in [1.29, 1.82) is 0 Å². The summed E-state index contributed by atoms with van der Waals surface area (Å²) in [6.45, 7) is 7.56. The van der Waals surface area contributed by atoms with E-state index in [1.807, 2.05) is 26.8 Å². The summed E-state index contributed by atoms with van der Waals surface area (Å²) in [7, 11) is 0. The highest BCUT2D eigenvalue weighted by atomic mass is 19.1. The van der Waals surface area contributed by atoms with Gasteiger partial charge in [0.05, 0.1) is 12.6 Å². The number of guanidine groups is 1. The Labute approximate surface area is 154 Å². The summed E-state index contributed by atoms with van der Waals surface area (Å²) in [4.78, 5) is 8.55. The van der Waals surface area contributed by atoms with Crippen LogP contribution in [0.15, 0.2) is 53.8 Å². The molecule has 0 aliphatic heterocycles. The molecule has 0 aliphatic rings. The molecule has 0 amide bonds. The smallest absolute Gasteiger partial charge is 0.191 e. The Bertz CT molecular complexity index is 719. The molecule has 0 saturated carbocycles. The molecule has 0 saturated heterocycles. The summed E-state index contributed by atoms with van der Waals surface area (Å²) >= 11 is 0. The largest absolute Gasteiger partial charge is 0.387 e. The fraction of sp³-hybridized carbons (Fsp3) is 0.400. The maximum atomic E-state index is 13.5. The Morgan fingerprint density at radius 3 is 2.62 bits per heavy atom. The molecule has 26 heavy (non-hydrogen) atoms. The zero-order chi connectivity index (χ0) is 19.0. The standard InChI is InChI=1S/C20H27FN4O/c1-4-23-19(24-13-18(26)15-8-10-22-11-9-15)25-14-20(2,3)16-6-5-7-17(21)12-16/h5-12,18,26H,4,13-14H2,1-3H3,(H2,23,24,25). The molecule has 0 aliphatic carbocycles. The van der Waals surface area contributed by atoms with Crippen LogP contribution < -0.4 is 10.6 Å². The molecule has 1 aromatic heterocycles. The number of aliphatic hydroxyl groups is 1. The highest BCUT2D eigenvalue weighted by Gasteiger charge is 2.21. The van der Waals surface area contributed by atoms with Gasteiger partial charge in [0, 0.05) is 30.9 Å². The quantitative estimate of drug-likeness (QED) is 0.526. The fourth-order valence-corrected chi connectivity index (χ4v) is 2.52. The summed E-state index contributed by atoms with van der Waals surface area (Å²) in [5.74, 6) is 0.371. The van der Waals surface area contributed by atoms with Crippen molar-refractivity contribution in [3.63, 3.8) is 0 Å². The predicted octanol–water partition coefficient (Wildman–Crippen LogP) is 2.79. The van der Waals surface area contributed by atoms with Gasteiger partial charge < -0.3 is 15.7 Å². The number of aliphatic imine (C=N–C) groups is 1. The molecule has 1 atom stereocenters. The van der Waals surface area contributed by atoms with E-state index >= 15 is 0 Å². The monoisotopic (exact) mass is 358 g/mol. The molecule has 6 heteroatoms. The lowest BCUT2D eigenvalue weighted by atomic mass is 9.85. The third kappa shape index (κ3) is 5.81. The molecular formula is C20H27FN4O. The first-order valence-electron chi connectivity index (χ1n) is 8.78. The van der Waals surface area contributed by atoms with E-state index in [0.29, 0.717) is 25.6 Å². The van der Waals surface area contributed by atoms with Crippen LogP contribution in [0.1, 0.15) is 38.0 Å². The van der Waals surface area contributed by atoms with Gasteiger partial charge in [-0.1, -0.05) is 26.0 Å². The maximum absolute atomic E-state index is 13.5. The Morgan fingerprint density at radius 1 is 1.23 bits per heavy atom. The van der Waals surface area contributed by atoms with Gasteiger partial charge in [0.15, 0.2) is 5.96 Å². The van der Waals surface area contributed by atoms with Crippen LogP contribution in [-0.2, 0) is 5.41 Å². The number of hydrogen-bond donors (Lipinski definition) is 3. The number of rotatable bonds is 7. The zero-order valence-corrected chi connectivity index (χ0v) is 15.5. The predicted molar refractivity (Wildman–Crippen MR) is 103 cm³/mol. The molecule has 2 rings (SSSR count). The number of aromatic nitrogens is 1. The number of nitrogens with zero attached hydrogens (tertiary/aromatic N) is 2. The first-order valence-corrected chi connectivity index (χ1v) is 8.78. The second kappa shape index (κ2) is 9.29. The average molecular weight is 358 g/mol. The first kappa shape index (κ1) is 19.8. The minimum absolute atomic E-state index is 0.245. The molecule has 0 bridgehead atoms. The fourth-order valence-electron chi connectivity index (χ4n) is 2.52. The Hall–Kier alpha value is -2.47. The van der Waals surface area contributed by atoms with E-state index in [9.17, 15) is 9.50 Å². The summed E-state index contributed by atoms with van der Waals surface area (Å²) < 4.78 is 13.5. The molecular weight excluding hydrogens is 331 g/mol. The number of hydrogen-bond acceptors (Lipinski definition) is 3. The molecule has 1 aromatic carbocycles. The Balaban J connectivity index is 2.01. The van der Waals surface area contributed by atoms with Crippen molar-refractivity contribution in [2.75, 3.05) is 19.6 Å². The number of aliphatic hydroxyl groups excluding tert-OH is 1. The highest BCUT2D eigenvalue weighted by molar-refractivity contribution is 5.79. The first-order chi connectivity index (χ1) is 12.4. The van der Waals surface area contributed by atoms with Crippen LogP contribution in [0.4, 0.5) is 4.39 Å². The lowest BCUT2D eigenvalue weighted by Gasteiger charge is -2.24. The molecule has 0 radical (unpaired) electrons. The van der Waals surface area contributed by atoms with Crippen molar-refractivity contribution in [2.24, 2.45) is 4.99 Å². The van der Waals surface area contributed by atoms with E-state index in [-0.39, 0.29) is 11.2 Å². The van der Waals surface area contributed by atoms with Gasteiger partial charge in [-0.05, 0) is 42.3 Å². The molecule has 1 heterocycles. The number of nitrogens with one attached hydrogen (secondary N) is 2. The molecule has 2 aromatic rings. The second-order valence-corrected chi connectivity index (χ2v) is 6.77. The molecule has 0 fully saturated rings. The minimum Gasteiger partial charge on any atom is -0.387 e. The van der Waals surface area contributed by atoms with Crippen LogP contribution >= 0.6 is 0 Å². The van der Waals surface area contributed by atoms with Gasteiger partial charge in [0.1, 0.15) is 5.82 Å². The zero-order valence-electron chi connectivity index (χ0n) is 15.5. The van der Waals surface area contributed by atoms with Crippen molar-refractivity contribution >= 4 is 5.96 Å². The van der Waals surface area contributed by atoms with Crippen molar-refractivity contribution in [3.8, 4) is 0 Å². The summed E-state index contributed by atoms with van der Waals surface area (Å²) in [6, 6.07) is 10.2. The van der Waals surface area contributed by atoms with E-state index in [1.54, 1.807) is 36.7 Å². The van der Waals surface area contributed by atoms with Gasteiger partial charge in [-0.2, -0.15) is 0 Å². The van der Waals surface area contributed by atoms with E-state index in [2.05, 4.69) is 20.6 Å². The highest BCUT2D eigenvalue weighted by Crippen LogP contribution is 2.24. The van der Waals surface area contributed by atoms with Gasteiger partial charge in [0.25, 0.3) is 0 Å². The van der Waals surface area contributed by atoms with Crippen LogP contribution in [0.2, 0.25) is 0 Å². The van der Waals surface area contributed by atoms with Gasteiger partial charge in [-0.3, -0.25) is 9.98 Å². The van der Waals surface area contributed by atoms with E-state index in [1.165, 1.54) is 6.07 Å². The maximum Gasteiger partial charge on any atom is 0.191 e.